The SMILES string of the molecule is COc1ccc(OC)c2c1CCC(O)(C(C)=O)C2. The number of hydrogen-bond donors (Lipinski definition) is 1. The number of aliphatic hydroxyl groups is 1. The van der Waals surface area contributed by atoms with Crippen molar-refractivity contribution in [2.75, 3.05) is 14.2 Å². The summed E-state index contributed by atoms with van der Waals surface area (Å²) < 4.78 is 10.6. The van der Waals surface area contributed by atoms with Gasteiger partial charge in [-0.2, -0.15) is 0 Å². The second kappa shape index (κ2) is 4.61. The minimum atomic E-state index is -1.27. The van der Waals surface area contributed by atoms with Gasteiger partial charge in [0.15, 0.2) is 5.78 Å². The number of rotatable bonds is 3. The van der Waals surface area contributed by atoms with Crippen LogP contribution in [-0.2, 0) is 17.6 Å². The van der Waals surface area contributed by atoms with Crippen molar-refractivity contribution in [1.29, 1.82) is 0 Å². The van der Waals surface area contributed by atoms with E-state index in [2.05, 4.69) is 0 Å². The van der Waals surface area contributed by atoms with Crippen molar-refractivity contribution in [2.24, 2.45) is 0 Å². The van der Waals surface area contributed by atoms with Crippen molar-refractivity contribution in [1.82, 2.24) is 0 Å². The molecule has 2 rings (SSSR count). The van der Waals surface area contributed by atoms with Crippen LogP contribution in [0.2, 0.25) is 0 Å². The third-order valence-corrected chi connectivity index (χ3v) is 3.70. The summed E-state index contributed by atoms with van der Waals surface area (Å²) in [5.74, 6) is 1.29. The number of methoxy groups -OCH3 is 2. The van der Waals surface area contributed by atoms with Crippen LogP contribution in [0.4, 0.5) is 0 Å². The molecule has 1 unspecified atom stereocenters. The molecular weight excluding hydrogens is 232 g/mol. The largest absolute Gasteiger partial charge is 0.496 e. The van der Waals surface area contributed by atoms with Crippen molar-refractivity contribution in [3.63, 3.8) is 0 Å². The first kappa shape index (κ1) is 12.9. The van der Waals surface area contributed by atoms with E-state index in [1.807, 2.05) is 12.1 Å². The summed E-state index contributed by atoms with van der Waals surface area (Å²) in [6.07, 6.45) is 1.34. The third-order valence-electron chi connectivity index (χ3n) is 3.70. The Bertz CT molecular complexity index is 481. The highest BCUT2D eigenvalue weighted by Gasteiger charge is 2.38. The summed E-state index contributed by atoms with van der Waals surface area (Å²) in [7, 11) is 3.21. The van der Waals surface area contributed by atoms with Crippen LogP contribution in [0.5, 0.6) is 11.5 Å². The summed E-state index contributed by atoms with van der Waals surface area (Å²) in [5, 5.41) is 10.3. The van der Waals surface area contributed by atoms with Crippen LogP contribution < -0.4 is 9.47 Å². The highest BCUT2D eigenvalue weighted by molar-refractivity contribution is 5.85. The predicted molar refractivity (Wildman–Crippen MR) is 67.2 cm³/mol. The molecule has 0 aromatic heterocycles. The molecule has 18 heavy (non-hydrogen) atoms. The van der Waals surface area contributed by atoms with Gasteiger partial charge in [0.2, 0.25) is 0 Å². The minimum absolute atomic E-state index is 0.196. The van der Waals surface area contributed by atoms with Crippen molar-refractivity contribution in [3.8, 4) is 11.5 Å². The number of benzene rings is 1. The third kappa shape index (κ3) is 1.97. The molecule has 0 fully saturated rings. The fraction of sp³-hybridized carbons (Fsp3) is 0.500. The Balaban J connectivity index is 2.50. The van der Waals surface area contributed by atoms with Crippen LogP contribution in [0, 0.1) is 0 Å². The molecule has 0 spiro atoms. The van der Waals surface area contributed by atoms with Gasteiger partial charge >= 0.3 is 0 Å². The Morgan fingerprint density at radius 1 is 1.22 bits per heavy atom. The molecule has 4 heteroatoms. The van der Waals surface area contributed by atoms with Gasteiger partial charge in [0.1, 0.15) is 17.1 Å². The van der Waals surface area contributed by atoms with E-state index in [0.29, 0.717) is 18.6 Å². The Kier molecular flexibility index (Phi) is 3.30. The quantitative estimate of drug-likeness (QED) is 0.883. The zero-order valence-corrected chi connectivity index (χ0v) is 10.9. The van der Waals surface area contributed by atoms with Crippen molar-refractivity contribution in [3.05, 3.63) is 23.3 Å². The van der Waals surface area contributed by atoms with E-state index < -0.39 is 5.60 Å². The molecule has 1 atom stereocenters. The number of fused-ring (bicyclic) bond motifs is 1. The lowest BCUT2D eigenvalue weighted by Gasteiger charge is -2.32. The lowest BCUT2D eigenvalue weighted by molar-refractivity contribution is -0.136. The highest BCUT2D eigenvalue weighted by atomic mass is 16.5. The number of carbonyl (C=O) groups is 1. The van der Waals surface area contributed by atoms with Crippen molar-refractivity contribution in [2.45, 2.75) is 31.8 Å². The molecule has 1 aromatic rings. The minimum Gasteiger partial charge on any atom is -0.496 e. The van der Waals surface area contributed by atoms with Crippen LogP contribution in [0.15, 0.2) is 12.1 Å². The number of hydrogen-bond acceptors (Lipinski definition) is 4. The van der Waals surface area contributed by atoms with Crippen LogP contribution in [0.1, 0.15) is 24.5 Å². The molecule has 0 saturated carbocycles. The zero-order chi connectivity index (χ0) is 13.3. The molecule has 1 aliphatic carbocycles. The van der Waals surface area contributed by atoms with Crippen LogP contribution in [-0.4, -0.2) is 30.7 Å². The number of ether oxygens (including phenoxy) is 2. The van der Waals surface area contributed by atoms with Gasteiger partial charge in [-0.25, -0.2) is 0 Å². The molecule has 1 aromatic carbocycles. The van der Waals surface area contributed by atoms with E-state index in [1.165, 1.54) is 6.92 Å². The van der Waals surface area contributed by atoms with Crippen molar-refractivity contribution >= 4 is 5.78 Å². The Morgan fingerprint density at radius 3 is 2.28 bits per heavy atom. The standard InChI is InChI=1S/C14H18O4/c1-9(15)14(16)7-6-10-11(8-14)13(18-3)5-4-12(10)17-2/h4-5,16H,6-8H2,1-3H3. The van der Waals surface area contributed by atoms with Gasteiger partial charge in [-0.3, -0.25) is 4.79 Å². The lowest BCUT2D eigenvalue weighted by Crippen LogP contribution is -2.42. The monoisotopic (exact) mass is 250 g/mol. The topological polar surface area (TPSA) is 55.8 Å². The molecule has 0 bridgehead atoms. The maximum absolute atomic E-state index is 11.6. The first-order valence-electron chi connectivity index (χ1n) is 5.98. The number of Topliss-reactive ketones (excluding diaryl/α,β-unsaturated/α-hetero) is 1. The molecule has 1 N–H and O–H groups in total. The van der Waals surface area contributed by atoms with E-state index in [-0.39, 0.29) is 12.2 Å². The maximum atomic E-state index is 11.6. The van der Waals surface area contributed by atoms with Gasteiger partial charge in [-0.1, -0.05) is 0 Å². The molecule has 1 aliphatic rings. The first-order chi connectivity index (χ1) is 8.51. The smallest absolute Gasteiger partial charge is 0.161 e. The Hall–Kier alpha value is -1.55. The maximum Gasteiger partial charge on any atom is 0.161 e. The van der Waals surface area contributed by atoms with Crippen LogP contribution in [0.3, 0.4) is 0 Å². The summed E-state index contributed by atoms with van der Waals surface area (Å²) in [4.78, 5) is 11.6. The van der Waals surface area contributed by atoms with E-state index >= 15 is 0 Å². The Morgan fingerprint density at radius 2 is 1.78 bits per heavy atom. The molecule has 0 aliphatic heterocycles. The van der Waals surface area contributed by atoms with E-state index in [1.54, 1.807) is 14.2 Å². The molecular formula is C14H18O4. The highest BCUT2D eigenvalue weighted by Crippen LogP contribution is 2.39. The summed E-state index contributed by atoms with van der Waals surface area (Å²) in [5.41, 5.74) is 0.635. The number of carbonyl (C=O) groups excluding carboxylic acids is 1. The first-order valence-corrected chi connectivity index (χ1v) is 5.98. The van der Waals surface area contributed by atoms with Gasteiger partial charge in [-0.15, -0.1) is 0 Å². The average molecular weight is 250 g/mol. The van der Waals surface area contributed by atoms with Gasteiger partial charge in [0.05, 0.1) is 14.2 Å². The normalized spacial score (nSPS) is 22.2. The fourth-order valence-electron chi connectivity index (χ4n) is 2.51. The second-order valence-corrected chi connectivity index (χ2v) is 4.69. The molecule has 4 nitrogen and oxygen atoms in total. The predicted octanol–water partition coefficient (Wildman–Crippen LogP) is 1.51. The Labute approximate surface area is 107 Å². The molecule has 0 heterocycles. The van der Waals surface area contributed by atoms with Crippen LogP contribution in [0.25, 0.3) is 0 Å². The summed E-state index contributed by atoms with van der Waals surface area (Å²) >= 11 is 0. The van der Waals surface area contributed by atoms with E-state index in [4.69, 9.17) is 9.47 Å². The van der Waals surface area contributed by atoms with E-state index in [0.717, 1.165) is 16.9 Å². The summed E-state index contributed by atoms with van der Waals surface area (Å²) in [6, 6.07) is 3.67. The molecule has 98 valence electrons. The zero-order valence-electron chi connectivity index (χ0n) is 10.9. The summed E-state index contributed by atoms with van der Waals surface area (Å²) in [6.45, 7) is 1.43. The van der Waals surface area contributed by atoms with Crippen LogP contribution >= 0.6 is 0 Å². The van der Waals surface area contributed by atoms with E-state index in [9.17, 15) is 9.90 Å². The second-order valence-electron chi connectivity index (χ2n) is 4.69. The van der Waals surface area contributed by atoms with Gasteiger partial charge in [-0.05, 0) is 31.9 Å². The lowest BCUT2D eigenvalue weighted by atomic mass is 9.77. The van der Waals surface area contributed by atoms with Crippen molar-refractivity contribution < 1.29 is 19.4 Å². The fourth-order valence-corrected chi connectivity index (χ4v) is 2.51. The number of ketones is 1. The average Bonchev–Trinajstić information content (AvgIpc) is 2.37. The van der Waals surface area contributed by atoms with Gasteiger partial charge < -0.3 is 14.6 Å². The van der Waals surface area contributed by atoms with Gasteiger partial charge in [0.25, 0.3) is 0 Å². The molecule has 0 saturated heterocycles. The molecule has 0 radical (unpaired) electrons. The van der Waals surface area contributed by atoms with Gasteiger partial charge in [0, 0.05) is 17.5 Å². The molecule has 0 amide bonds.